The lowest BCUT2D eigenvalue weighted by Gasteiger charge is -2.33. The van der Waals surface area contributed by atoms with Crippen molar-refractivity contribution in [3.05, 3.63) is 29.8 Å². The molecule has 0 radical (unpaired) electrons. The molecule has 0 aliphatic carbocycles. The van der Waals surface area contributed by atoms with Gasteiger partial charge in [0, 0.05) is 58.2 Å². The molecule has 2 rings (SSSR count). The maximum atomic E-state index is 12.4. The normalized spacial score (nSPS) is 14.2. The zero-order chi connectivity index (χ0) is 18.2. The number of benzene rings is 1. The van der Waals surface area contributed by atoms with E-state index in [-0.39, 0.29) is 18.2 Å². The van der Waals surface area contributed by atoms with Gasteiger partial charge in [0.05, 0.1) is 7.11 Å². The molecule has 1 heterocycles. The fourth-order valence-corrected chi connectivity index (χ4v) is 2.85. The SMILES string of the molecule is COc1ccccc1CN(CCC(=O)N1CCN(C=O)CC1)C(C)=O. The highest BCUT2D eigenvalue weighted by Crippen LogP contribution is 2.19. The summed E-state index contributed by atoms with van der Waals surface area (Å²) in [5, 5.41) is 0. The Bertz CT molecular complexity index is 612. The fourth-order valence-electron chi connectivity index (χ4n) is 2.85. The van der Waals surface area contributed by atoms with Crippen LogP contribution >= 0.6 is 0 Å². The Morgan fingerprint density at radius 1 is 1.20 bits per heavy atom. The van der Waals surface area contributed by atoms with Crippen molar-refractivity contribution >= 4 is 18.2 Å². The van der Waals surface area contributed by atoms with Gasteiger partial charge >= 0.3 is 0 Å². The summed E-state index contributed by atoms with van der Waals surface area (Å²) in [4.78, 5) is 40.1. The van der Waals surface area contributed by atoms with Crippen molar-refractivity contribution in [2.24, 2.45) is 0 Å². The van der Waals surface area contributed by atoms with E-state index in [1.165, 1.54) is 6.92 Å². The van der Waals surface area contributed by atoms with E-state index in [0.29, 0.717) is 39.3 Å². The Morgan fingerprint density at radius 3 is 2.48 bits per heavy atom. The van der Waals surface area contributed by atoms with Crippen LogP contribution in [0.3, 0.4) is 0 Å². The number of amides is 3. The van der Waals surface area contributed by atoms with Gasteiger partial charge in [-0.1, -0.05) is 18.2 Å². The molecule has 0 bridgehead atoms. The van der Waals surface area contributed by atoms with Crippen LogP contribution in [0.15, 0.2) is 24.3 Å². The van der Waals surface area contributed by atoms with Crippen LogP contribution in [0.5, 0.6) is 5.75 Å². The van der Waals surface area contributed by atoms with Crippen LogP contribution in [0, 0.1) is 0 Å². The summed E-state index contributed by atoms with van der Waals surface area (Å²) in [5.74, 6) is 0.659. The molecular weight excluding hydrogens is 322 g/mol. The van der Waals surface area contributed by atoms with Crippen molar-refractivity contribution in [3.63, 3.8) is 0 Å². The highest BCUT2D eigenvalue weighted by Gasteiger charge is 2.21. The van der Waals surface area contributed by atoms with E-state index < -0.39 is 0 Å². The molecule has 1 aromatic carbocycles. The Balaban J connectivity index is 1.90. The Morgan fingerprint density at radius 2 is 1.88 bits per heavy atom. The molecule has 7 heteroatoms. The third-order valence-electron chi connectivity index (χ3n) is 4.41. The maximum Gasteiger partial charge on any atom is 0.224 e. The number of ether oxygens (including phenoxy) is 1. The minimum Gasteiger partial charge on any atom is -0.496 e. The van der Waals surface area contributed by atoms with Crippen LogP contribution in [0.2, 0.25) is 0 Å². The molecule has 0 saturated carbocycles. The molecule has 1 aliphatic heterocycles. The quantitative estimate of drug-likeness (QED) is 0.682. The summed E-state index contributed by atoms with van der Waals surface area (Å²) < 4.78 is 5.32. The topological polar surface area (TPSA) is 70.2 Å². The Kier molecular flexibility index (Phi) is 6.80. The number of hydrogen-bond acceptors (Lipinski definition) is 4. The second kappa shape index (κ2) is 9.05. The molecule has 7 nitrogen and oxygen atoms in total. The number of rotatable bonds is 7. The van der Waals surface area contributed by atoms with Crippen LogP contribution in [0.25, 0.3) is 0 Å². The number of carbonyl (C=O) groups excluding carboxylic acids is 3. The first-order valence-electron chi connectivity index (χ1n) is 8.39. The van der Waals surface area contributed by atoms with Crippen LogP contribution in [-0.2, 0) is 20.9 Å². The van der Waals surface area contributed by atoms with Gasteiger partial charge in [-0.3, -0.25) is 14.4 Å². The highest BCUT2D eigenvalue weighted by molar-refractivity contribution is 5.78. The standard InChI is InChI=1S/C18H25N3O4/c1-15(23)21(13-16-5-3-4-6-17(16)25-2)8-7-18(24)20-11-9-19(14-22)10-12-20/h3-6,14H,7-13H2,1-2H3. The van der Waals surface area contributed by atoms with Gasteiger partial charge in [0.25, 0.3) is 0 Å². The summed E-state index contributed by atoms with van der Waals surface area (Å²) >= 11 is 0. The number of hydrogen-bond donors (Lipinski definition) is 0. The molecule has 1 saturated heterocycles. The van der Waals surface area contributed by atoms with Crippen molar-refractivity contribution < 1.29 is 19.1 Å². The molecule has 1 fully saturated rings. The molecule has 0 aromatic heterocycles. The van der Waals surface area contributed by atoms with Gasteiger partial charge in [0.1, 0.15) is 5.75 Å². The maximum absolute atomic E-state index is 12.4. The third-order valence-corrected chi connectivity index (χ3v) is 4.41. The third kappa shape index (κ3) is 5.20. The lowest BCUT2D eigenvalue weighted by Crippen LogP contribution is -2.48. The second-order valence-electron chi connectivity index (χ2n) is 6.02. The van der Waals surface area contributed by atoms with E-state index >= 15 is 0 Å². The molecule has 0 unspecified atom stereocenters. The largest absolute Gasteiger partial charge is 0.496 e. The number of carbonyl (C=O) groups is 3. The van der Waals surface area contributed by atoms with Gasteiger partial charge in [-0.2, -0.15) is 0 Å². The average molecular weight is 347 g/mol. The first-order chi connectivity index (χ1) is 12.0. The monoisotopic (exact) mass is 347 g/mol. The van der Waals surface area contributed by atoms with E-state index in [1.807, 2.05) is 24.3 Å². The molecule has 136 valence electrons. The zero-order valence-corrected chi connectivity index (χ0v) is 14.8. The summed E-state index contributed by atoms with van der Waals surface area (Å²) in [7, 11) is 1.60. The van der Waals surface area contributed by atoms with Gasteiger partial charge in [0.2, 0.25) is 18.2 Å². The van der Waals surface area contributed by atoms with Gasteiger partial charge in [-0.05, 0) is 6.07 Å². The zero-order valence-electron chi connectivity index (χ0n) is 14.8. The summed E-state index contributed by atoms with van der Waals surface area (Å²) in [6.07, 6.45) is 1.09. The smallest absolute Gasteiger partial charge is 0.224 e. The second-order valence-corrected chi connectivity index (χ2v) is 6.02. The van der Waals surface area contributed by atoms with Gasteiger partial charge in [0.15, 0.2) is 0 Å². The first kappa shape index (κ1) is 18.8. The minimum atomic E-state index is -0.0792. The Labute approximate surface area is 148 Å². The van der Waals surface area contributed by atoms with Crippen LogP contribution < -0.4 is 4.74 Å². The van der Waals surface area contributed by atoms with Crippen LogP contribution in [0.1, 0.15) is 18.9 Å². The van der Waals surface area contributed by atoms with Crippen molar-refractivity contribution in [3.8, 4) is 5.75 Å². The van der Waals surface area contributed by atoms with E-state index in [0.717, 1.165) is 17.7 Å². The molecule has 0 spiro atoms. The van der Waals surface area contributed by atoms with Crippen molar-refractivity contribution in [2.75, 3.05) is 39.8 Å². The fraction of sp³-hybridized carbons (Fsp3) is 0.500. The molecule has 25 heavy (non-hydrogen) atoms. The molecule has 3 amide bonds. The van der Waals surface area contributed by atoms with E-state index in [9.17, 15) is 14.4 Å². The lowest BCUT2D eigenvalue weighted by molar-refractivity contribution is -0.136. The predicted octanol–water partition coefficient (Wildman–Crippen LogP) is 0.734. The van der Waals surface area contributed by atoms with Crippen molar-refractivity contribution in [1.29, 1.82) is 0 Å². The van der Waals surface area contributed by atoms with Crippen molar-refractivity contribution in [1.82, 2.24) is 14.7 Å². The molecule has 0 atom stereocenters. The van der Waals surface area contributed by atoms with E-state index in [2.05, 4.69) is 0 Å². The van der Waals surface area contributed by atoms with Gasteiger partial charge < -0.3 is 19.4 Å². The van der Waals surface area contributed by atoms with Gasteiger partial charge in [-0.25, -0.2) is 0 Å². The van der Waals surface area contributed by atoms with Crippen LogP contribution in [-0.4, -0.2) is 72.8 Å². The average Bonchev–Trinajstić information content (AvgIpc) is 2.64. The van der Waals surface area contributed by atoms with Crippen LogP contribution in [0.4, 0.5) is 0 Å². The Hall–Kier alpha value is -2.57. The number of methoxy groups -OCH3 is 1. The number of piperazine rings is 1. The first-order valence-corrected chi connectivity index (χ1v) is 8.39. The minimum absolute atomic E-state index is 0.0109. The van der Waals surface area contributed by atoms with E-state index in [1.54, 1.807) is 21.8 Å². The molecule has 1 aromatic rings. The number of nitrogens with zero attached hydrogens (tertiary/aromatic N) is 3. The summed E-state index contributed by atoms with van der Waals surface area (Å²) in [6, 6.07) is 7.54. The van der Waals surface area contributed by atoms with Crippen molar-refractivity contribution in [2.45, 2.75) is 19.9 Å². The highest BCUT2D eigenvalue weighted by atomic mass is 16.5. The van der Waals surface area contributed by atoms with E-state index in [4.69, 9.17) is 4.74 Å². The molecular formula is C18H25N3O4. The van der Waals surface area contributed by atoms with Gasteiger partial charge in [-0.15, -0.1) is 0 Å². The number of para-hydroxylation sites is 1. The molecule has 0 N–H and O–H groups in total. The predicted molar refractivity (Wildman–Crippen MR) is 92.9 cm³/mol. The summed E-state index contributed by atoms with van der Waals surface area (Å²) in [6.45, 7) is 4.49. The summed E-state index contributed by atoms with van der Waals surface area (Å²) in [5.41, 5.74) is 0.909. The molecule has 1 aliphatic rings. The lowest BCUT2D eigenvalue weighted by atomic mass is 10.1.